The van der Waals surface area contributed by atoms with E-state index in [1.54, 1.807) is 0 Å². The van der Waals surface area contributed by atoms with Crippen molar-refractivity contribution in [3.63, 3.8) is 0 Å². The molecule has 2 aromatic rings. The summed E-state index contributed by atoms with van der Waals surface area (Å²) in [6.07, 6.45) is 4.23. The van der Waals surface area contributed by atoms with Crippen molar-refractivity contribution in [1.82, 2.24) is 4.98 Å². The zero-order chi connectivity index (χ0) is 12.3. The second-order valence-corrected chi connectivity index (χ2v) is 5.00. The molecule has 0 saturated heterocycles. The van der Waals surface area contributed by atoms with Crippen LogP contribution in [0.1, 0.15) is 35.1 Å². The fraction of sp³-hybridized carbons (Fsp3) is 0.385. The molecule has 0 atom stereocenters. The van der Waals surface area contributed by atoms with E-state index >= 15 is 0 Å². The molecular formula is C13H16N2OS. The highest BCUT2D eigenvalue weighted by Gasteiger charge is 2.11. The van der Waals surface area contributed by atoms with Crippen LogP contribution in [-0.2, 0) is 6.42 Å². The van der Waals surface area contributed by atoms with E-state index in [1.165, 1.54) is 17.8 Å². The summed E-state index contributed by atoms with van der Waals surface area (Å²) in [5, 5.41) is 4.11. The smallest absolute Gasteiger partial charge is 0.162 e. The van der Waals surface area contributed by atoms with Gasteiger partial charge >= 0.3 is 0 Å². The molecule has 17 heavy (non-hydrogen) atoms. The number of anilines is 1. The predicted molar refractivity (Wildman–Crippen MR) is 73.2 cm³/mol. The Morgan fingerprint density at radius 2 is 2.29 bits per heavy atom. The number of thiophene rings is 1. The first-order valence-corrected chi connectivity index (χ1v) is 6.67. The number of unbranched alkanes of at least 4 members (excludes halogenated alkanes) is 1. The highest BCUT2D eigenvalue weighted by molar-refractivity contribution is 7.20. The third kappa shape index (κ3) is 2.31. The van der Waals surface area contributed by atoms with Gasteiger partial charge in [-0.05, 0) is 25.0 Å². The maximum Gasteiger partial charge on any atom is 0.162 e. The van der Waals surface area contributed by atoms with Crippen LogP contribution in [0.5, 0.6) is 0 Å². The molecule has 90 valence electrons. The van der Waals surface area contributed by atoms with Crippen LogP contribution in [0, 0.1) is 0 Å². The van der Waals surface area contributed by atoms with E-state index in [1.807, 2.05) is 7.05 Å². The van der Waals surface area contributed by atoms with Gasteiger partial charge in [0.15, 0.2) is 6.29 Å². The molecule has 2 heterocycles. The van der Waals surface area contributed by atoms with Crippen LogP contribution < -0.4 is 5.32 Å². The van der Waals surface area contributed by atoms with Crippen molar-refractivity contribution in [2.75, 3.05) is 12.4 Å². The Hall–Kier alpha value is -1.42. The molecule has 0 amide bonds. The first-order chi connectivity index (χ1) is 8.30. The molecule has 0 bridgehead atoms. The zero-order valence-corrected chi connectivity index (χ0v) is 10.9. The molecule has 0 saturated carbocycles. The summed E-state index contributed by atoms with van der Waals surface area (Å²) in [5.74, 6) is 0. The first-order valence-electron chi connectivity index (χ1n) is 5.85. The predicted octanol–water partition coefficient (Wildman–Crippen LogP) is 3.49. The monoisotopic (exact) mass is 248 g/mol. The fourth-order valence-corrected chi connectivity index (χ4v) is 2.89. The zero-order valence-electron chi connectivity index (χ0n) is 10.1. The maximum atomic E-state index is 11.0. The molecule has 0 aliphatic heterocycles. The van der Waals surface area contributed by atoms with Crippen molar-refractivity contribution in [1.29, 1.82) is 0 Å². The van der Waals surface area contributed by atoms with Gasteiger partial charge in [-0.2, -0.15) is 0 Å². The molecule has 2 rings (SSSR count). The van der Waals surface area contributed by atoms with E-state index in [9.17, 15) is 4.79 Å². The lowest BCUT2D eigenvalue weighted by Gasteiger charge is -2.00. The minimum atomic E-state index is 0.725. The topological polar surface area (TPSA) is 42.0 Å². The molecule has 0 spiro atoms. The summed E-state index contributed by atoms with van der Waals surface area (Å²) in [6.45, 7) is 2.17. The maximum absolute atomic E-state index is 11.0. The van der Waals surface area contributed by atoms with Crippen molar-refractivity contribution < 1.29 is 4.79 Å². The number of carbonyl (C=O) groups excluding carboxylic acids is 1. The molecule has 2 aromatic heterocycles. The van der Waals surface area contributed by atoms with Crippen LogP contribution in [0.4, 0.5) is 5.69 Å². The van der Waals surface area contributed by atoms with E-state index < -0.39 is 0 Å². The summed E-state index contributed by atoms with van der Waals surface area (Å²) in [7, 11) is 1.83. The number of aryl methyl sites for hydroxylation is 1. The van der Waals surface area contributed by atoms with Gasteiger partial charge in [-0.3, -0.25) is 4.79 Å². The Kier molecular flexibility index (Phi) is 3.74. The second kappa shape index (κ2) is 5.27. The highest BCUT2D eigenvalue weighted by atomic mass is 32.1. The minimum absolute atomic E-state index is 0.725. The number of rotatable bonds is 5. The van der Waals surface area contributed by atoms with E-state index in [2.05, 4.69) is 29.4 Å². The SMILES string of the molecule is CCCCc1ccc2c(NC)c(C=O)sc2n1. The molecule has 3 nitrogen and oxygen atoms in total. The van der Waals surface area contributed by atoms with Gasteiger partial charge in [0.25, 0.3) is 0 Å². The third-order valence-electron chi connectivity index (χ3n) is 2.78. The van der Waals surface area contributed by atoms with Gasteiger partial charge in [-0.1, -0.05) is 13.3 Å². The Morgan fingerprint density at radius 3 is 2.94 bits per heavy atom. The lowest BCUT2D eigenvalue weighted by molar-refractivity contribution is 0.112. The molecule has 0 unspecified atom stereocenters. The number of carbonyl (C=O) groups is 1. The minimum Gasteiger partial charge on any atom is -0.386 e. The van der Waals surface area contributed by atoms with Gasteiger partial charge in [0.05, 0.1) is 10.6 Å². The van der Waals surface area contributed by atoms with Crippen LogP contribution in [0.3, 0.4) is 0 Å². The second-order valence-electron chi connectivity index (χ2n) is 3.97. The van der Waals surface area contributed by atoms with E-state index in [0.29, 0.717) is 0 Å². The molecule has 0 aromatic carbocycles. The Morgan fingerprint density at radius 1 is 1.47 bits per heavy atom. The molecule has 0 fully saturated rings. The summed E-state index contributed by atoms with van der Waals surface area (Å²) >= 11 is 1.45. The lowest BCUT2D eigenvalue weighted by atomic mass is 10.1. The van der Waals surface area contributed by atoms with E-state index in [4.69, 9.17) is 0 Å². The van der Waals surface area contributed by atoms with Gasteiger partial charge < -0.3 is 5.32 Å². The van der Waals surface area contributed by atoms with Crippen molar-refractivity contribution in [3.8, 4) is 0 Å². The summed E-state index contributed by atoms with van der Waals surface area (Å²) < 4.78 is 0. The Balaban J connectivity index is 2.44. The Bertz CT molecular complexity index is 533. The third-order valence-corrected chi connectivity index (χ3v) is 3.81. The summed E-state index contributed by atoms with van der Waals surface area (Å²) in [5.41, 5.74) is 2.01. The average Bonchev–Trinajstić information content (AvgIpc) is 2.72. The normalized spacial score (nSPS) is 10.7. The van der Waals surface area contributed by atoms with E-state index in [0.717, 1.165) is 45.6 Å². The number of aldehydes is 1. The van der Waals surface area contributed by atoms with Gasteiger partial charge in [0.2, 0.25) is 0 Å². The number of pyridine rings is 1. The number of hydrogen-bond acceptors (Lipinski definition) is 4. The van der Waals surface area contributed by atoms with Gasteiger partial charge in [-0.15, -0.1) is 11.3 Å². The van der Waals surface area contributed by atoms with Crippen molar-refractivity contribution in [3.05, 3.63) is 22.7 Å². The van der Waals surface area contributed by atoms with Crippen LogP contribution in [0.25, 0.3) is 10.2 Å². The number of nitrogens with one attached hydrogen (secondary N) is 1. The Labute approximate surface area is 105 Å². The number of aromatic nitrogens is 1. The van der Waals surface area contributed by atoms with Crippen molar-refractivity contribution in [2.24, 2.45) is 0 Å². The molecule has 0 radical (unpaired) electrons. The largest absolute Gasteiger partial charge is 0.386 e. The van der Waals surface area contributed by atoms with Gasteiger partial charge in [0.1, 0.15) is 4.83 Å². The van der Waals surface area contributed by atoms with Crippen molar-refractivity contribution in [2.45, 2.75) is 26.2 Å². The average molecular weight is 248 g/mol. The van der Waals surface area contributed by atoms with Crippen molar-refractivity contribution >= 4 is 33.5 Å². The molecular weight excluding hydrogens is 232 g/mol. The van der Waals surface area contributed by atoms with Crippen LogP contribution in [-0.4, -0.2) is 18.3 Å². The molecule has 0 aliphatic carbocycles. The lowest BCUT2D eigenvalue weighted by Crippen LogP contribution is -1.91. The standard InChI is InChI=1S/C13H16N2OS/c1-3-4-5-9-6-7-10-12(14-2)11(8-16)17-13(10)15-9/h6-8,14H,3-5H2,1-2H3. The van der Waals surface area contributed by atoms with Crippen LogP contribution in [0.2, 0.25) is 0 Å². The highest BCUT2D eigenvalue weighted by Crippen LogP contribution is 2.33. The van der Waals surface area contributed by atoms with Gasteiger partial charge in [-0.25, -0.2) is 4.98 Å². The van der Waals surface area contributed by atoms with Gasteiger partial charge in [0, 0.05) is 18.1 Å². The molecule has 4 heteroatoms. The summed E-state index contributed by atoms with van der Waals surface area (Å²) in [6, 6.07) is 4.11. The van der Waals surface area contributed by atoms with E-state index in [-0.39, 0.29) is 0 Å². The van der Waals surface area contributed by atoms with Crippen LogP contribution >= 0.6 is 11.3 Å². The number of nitrogens with zero attached hydrogens (tertiary/aromatic N) is 1. The quantitative estimate of drug-likeness (QED) is 0.823. The number of hydrogen-bond donors (Lipinski definition) is 1. The number of fused-ring (bicyclic) bond motifs is 1. The molecule has 1 N–H and O–H groups in total. The summed E-state index contributed by atoms with van der Waals surface area (Å²) in [4.78, 5) is 17.2. The fourth-order valence-electron chi connectivity index (χ4n) is 1.87. The molecule has 0 aliphatic rings. The van der Waals surface area contributed by atoms with Crippen LogP contribution in [0.15, 0.2) is 12.1 Å². The first kappa shape index (κ1) is 12.0.